The summed E-state index contributed by atoms with van der Waals surface area (Å²) < 4.78 is 5.18. The van der Waals surface area contributed by atoms with Crippen LogP contribution in [0.25, 0.3) is 11.1 Å². The topological polar surface area (TPSA) is 50.4 Å². The lowest BCUT2D eigenvalue weighted by Gasteiger charge is -2.04. The van der Waals surface area contributed by atoms with Crippen molar-refractivity contribution in [3.63, 3.8) is 0 Å². The van der Waals surface area contributed by atoms with Gasteiger partial charge in [0.1, 0.15) is 5.75 Å². The molecule has 1 amide bonds. The van der Waals surface area contributed by atoms with E-state index in [0.717, 1.165) is 46.1 Å². The fourth-order valence-electron chi connectivity index (χ4n) is 2.30. The average Bonchev–Trinajstić information content (AvgIpc) is 2.96. The Morgan fingerprint density at radius 1 is 1.17 bits per heavy atom. The van der Waals surface area contributed by atoms with Crippen LogP contribution >= 0.6 is 23.7 Å². The summed E-state index contributed by atoms with van der Waals surface area (Å²) >= 11 is 1.53. The maximum Gasteiger partial charge on any atom is 0.261 e. The monoisotopic (exact) mass is 368 g/mol. The van der Waals surface area contributed by atoms with Gasteiger partial charge in [-0.25, -0.2) is 0 Å². The molecule has 0 atom stereocenters. The number of hydrogen-bond donors (Lipinski definition) is 2. The molecule has 1 aromatic heterocycles. The minimum absolute atomic E-state index is 0. The molecule has 2 rings (SSSR count). The van der Waals surface area contributed by atoms with E-state index in [-0.39, 0.29) is 18.3 Å². The number of ether oxygens (including phenoxy) is 1. The fourth-order valence-corrected chi connectivity index (χ4v) is 3.26. The molecule has 0 saturated carbocycles. The van der Waals surface area contributed by atoms with Crippen molar-refractivity contribution in [1.29, 1.82) is 0 Å². The minimum Gasteiger partial charge on any atom is -0.497 e. The van der Waals surface area contributed by atoms with E-state index < -0.39 is 0 Å². The van der Waals surface area contributed by atoms with E-state index in [1.54, 1.807) is 7.11 Å². The molecule has 0 aliphatic rings. The Bertz CT molecular complexity index is 641. The van der Waals surface area contributed by atoms with Gasteiger partial charge >= 0.3 is 0 Å². The first-order valence-electron chi connectivity index (χ1n) is 7.89. The summed E-state index contributed by atoms with van der Waals surface area (Å²) in [5.41, 5.74) is 2.20. The van der Waals surface area contributed by atoms with Crippen molar-refractivity contribution in [3.05, 3.63) is 40.1 Å². The van der Waals surface area contributed by atoms with Crippen molar-refractivity contribution in [1.82, 2.24) is 10.6 Å². The highest BCUT2D eigenvalue weighted by atomic mass is 35.5. The Balaban J connectivity index is 0.00000288. The Hall–Kier alpha value is -1.56. The first-order valence-corrected chi connectivity index (χ1v) is 8.71. The van der Waals surface area contributed by atoms with Crippen molar-refractivity contribution < 1.29 is 9.53 Å². The highest BCUT2D eigenvalue weighted by molar-refractivity contribution is 7.14. The molecule has 132 valence electrons. The smallest absolute Gasteiger partial charge is 0.261 e. The molecule has 1 heterocycles. The van der Waals surface area contributed by atoms with Crippen LogP contribution in [0, 0.1) is 6.92 Å². The van der Waals surface area contributed by atoms with E-state index in [2.05, 4.69) is 17.6 Å². The number of thiophene rings is 1. The van der Waals surface area contributed by atoms with Crippen LogP contribution in [0.2, 0.25) is 0 Å². The standard InChI is InChI=1S/C18H24N2O2S.ClH/c1-4-9-19-10-11-20-18(21)17-12-16(13(2)23-17)14-5-7-15(22-3)8-6-14;/h5-8,12,19H,4,9-11H2,1-3H3,(H,20,21);1H. The van der Waals surface area contributed by atoms with Gasteiger partial charge in [-0.3, -0.25) is 4.79 Å². The molecule has 0 fully saturated rings. The van der Waals surface area contributed by atoms with Gasteiger partial charge in [0.25, 0.3) is 5.91 Å². The van der Waals surface area contributed by atoms with Gasteiger partial charge in [-0.15, -0.1) is 23.7 Å². The number of halogens is 1. The van der Waals surface area contributed by atoms with Gasteiger partial charge in [-0.05, 0) is 49.2 Å². The number of benzene rings is 1. The van der Waals surface area contributed by atoms with E-state index in [0.29, 0.717) is 6.54 Å². The Labute approximate surface area is 154 Å². The van der Waals surface area contributed by atoms with Crippen molar-refractivity contribution >= 4 is 29.7 Å². The van der Waals surface area contributed by atoms with Gasteiger partial charge in [0.15, 0.2) is 0 Å². The molecular weight excluding hydrogens is 344 g/mol. The van der Waals surface area contributed by atoms with Crippen molar-refractivity contribution in [2.24, 2.45) is 0 Å². The quantitative estimate of drug-likeness (QED) is 0.695. The van der Waals surface area contributed by atoms with Crippen molar-refractivity contribution in [2.75, 3.05) is 26.7 Å². The summed E-state index contributed by atoms with van der Waals surface area (Å²) in [6.45, 7) is 6.60. The number of hydrogen-bond acceptors (Lipinski definition) is 4. The minimum atomic E-state index is -0.00356. The van der Waals surface area contributed by atoms with Crippen molar-refractivity contribution in [2.45, 2.75) is 20.3 Å². The van der Waals surface area contributed by atoms with E-state index in [1.165, 1.54) is 11.3 Å². The van der Waals surface area contributed by atoms with E-state index in [1.807, 2.05) is 37.3 Å². The third kappa shape index (κ3) is 5.51. The lowest BCUT2D eigenvalue weighted by molar-refractivity contribution is 0.0958. The fraction of sp³-hybridized carbons (Fsp3) is 0.389. The van der Waals surface area contributed by atoms with Crippen LogP contribution in [0.15, 0.2) is 30.3 Å². The van der Waals surface area contributed by atoms with E-state index in [9.17, 15) is 4.79 Å². The van der Waals surface area contributed by atoms with Crippen LogP contribution < -0.4 is 15.4 Å². The number of carbonyl (C=O) groups excluding carboxylic acids is 1. The largest absolute Gasteiger partial charge is 0.497 e. The number of nitrogens with one attached hydrogen (secondary N) is 2. The molecule has 24 heavy (non-hydrogen) atoms. The average molecular weight is 369 g/mol. The van der Waals surface area contributed by atoms with E-state index in [4.69, 9.17) is 4.74 Å². The molecule has 2 aromatic rings. The number of amides is 1. The Morgan fingerprint density at radius 2 is 1.88 bits per heavy atom. The molecule has 0 saturated heterocycles. The highest BCUT2D eigenvalue weighted by Crippen LogP contribution is 2.31. The third-order valence-electron chi connectivity index (χ3n) is 3.56. The second kappa shape index (κ2) is 10.3. The Morgan fingerprint density at radius 3 is 2.50 bits per heavy atom. The zero-order chi connectivity index (χ0) is 16.7. The normalized spacial score (nSPS) is 10.1. The van der Waals surface area contributed by atoms with Crippen LogP contribution in [0.3, 0.4) is 0 Å². The molecular formula is C18H25ClN2O2S. The molecule has 1 aromatic carbocycles. The van der Waals surface area contributed by atoms with Crippen LogP contribution in [0.1, 0.15) is 27.9 Å². The number of rotatable bonds is 8. The molecule has 6 heteroatoms. The zero-order valence-corrected chi connectivity index (χ0v) is 16.0. The second-order valence-electron chi connectivity index (χ2n) is 5.31. The van der Waals surface area contributed by atoms with Gasteiger partial charge in [-0.2, -0.15) is 0 Å². The molecule has 2 N–H and O–H groups in total. The molecule has 0 spiro atoms. The number of aryl methyl sites for hydroxylation is 1. The molecule has 0 aliphatic carbocycles. The maximum atomic E-state index is 12.2. The summed E-state index contributed by atoms with van der Waals surface area (Å²) in [6, 6.07) is 9.88. The van der Waals surface area contributed by atoms with Crippen LogP contribution in [0.4, 0.5) is 0 Å². The lowest BCUT2D eigenvalue weighted by atomic mass is 10.1. The van der Waals surface area contributed by atoms with Crippen LogP contribution in [-0.4, -0.2) is 32.7 Å². The molecule has 4 nitrogen and oxygen atoms in total. The SMILES string of the molecule is CCCNCCNC(=O)c1cc(-c2ccc(OC)cc2)c(C)s1.Cl. The summed E-state index contributed by atoms with van der Waals surface area (Å²) in [5, 5.41) is 6.23. The van der Waals surface area contributed by atoms with Gasteiger partial charge in [0.05, 0.1) is 12.0 Å². The molecule has 0 bridgehead atoms. The first-order chi connectivity index (χ1) is 11.2. The number of carbonyl (C=O) groups is 1. The molecule has 0 aliphatic heterocycles. The van der Waals surface area contributed by atoms with Gasteiger partial charge in [-0.1, -0.05) is 19.1 Å². The third-order valence-corrected chi connectivity index (χ3v) is 4.61. The van der Waals surface area contributed by atoms with Gasteiger partial charge in [0, 0.05) is 18.0 Å². The summed E-state index contributed by atoms with van der Waals surface area (Å²) in [5.74, 6) is 0.829. The van der Waals surface area contributed by atoms with Gasteiger partial charge < -0.3 is 15.4 Å². The predicted octanol–water partition coefficient (Wildman–Crippen LogP) is 3.88. The number of methoxy groups -OCH3 is 1. The molecule has 0 radical (unpaired) electrons. The summed E-state index contributed by atoms with van der Waals surface area (Å²) in [7, 11) is 1.66. The first kappa shape index (κ1) is 20.5. The summed E-state index contributed by atoms with van der Waals surface area (Å²) in [4.78, 5) is 14.1. The van der Waals surface area contributed by atoms with Gasteiger partial charge in [0.2, 0.25) is 0 Å². The molecule has 0 unspecified atom stereocenters. The van der Waals surface area contributed by atoms with Crippen LogP contribution in [0.5, 0.6) is 5.75 Å². The lowest BCUT2D eigenvalue weighted by Crippen LogP contribution is -2.31. The highest BCUT2D eigenvalue weighted by Gasteiger charge is 2.13. The second-order valence-corrected chi connectivity index (χ2v) is 6.57. The van der Waals surface area contributed by atoms with Crippen LogP contribution in [-0.2, 0) is 0 Å². The zero-order valence-electron chi connectivity index (χ0n) is 14.3. The maximum absolute atomic E-state index is 12.2. The van der Waals surface area contributed by atoms with E-state index >= 15 is 0 Å². The summed E-state index contributed by atoms with van der Waals surface area (Å²) in [6.07, 6.45) is 1.10. The predicted molar refractivity (Wildman–Crippen MR) is 104 cm³/mol. The van der Waals surface area contributed by atoms with Crippen molar-refractivity contribution in [3.8, 4) is 16.9 Å². The Kier molecular flexibility index (Phi) is 8.82.